The van der Waals surface area contributed by atoms with Gasteiger partial charge < -0.3 is 9.32 Å². The minimum atomic E-state index is -3.52. The lowest BCUT2D eigenvalue weighted by Gasteiger charge is -2.34. The summed E-state index contributed by atoms with van der Waals surface area (Å²) >= 11 is 0. The van der Waals surface area contributed by atoms with Gasteiger partial charge in [-0.05, 0) is 36.4 Å². The molecule has 1 aromatic carbocycles. The van der Waals surface area contributed by atoms with Gasteiger partial charge in [-0.1, -0.05) is 0 Å². The largest absolute Gasteiger partial charge is 0.461 e. The standard InChI is InChI=1S/C19H23N3O5S/c1-20(2)28(25,26)16-7-5-15(6-8-16)19(24)22-11-9-21(10-12-22)14-17(23)18-4-3-13-27-18/h3-8,13H,9-12,14H2,1-2H3. The zero-order valence-electron chi connectivity index (χ0n) is 15.9. The van der Waals surface area contributed by atoms with Crippen LogP contribution in [0.15, 0.2) is 52.0 Å². The van der Waals surface area contributed by atoms with Crippen LogP contribution in [0.4, 0.5) is 0 Å². The van der Waals surface area contributed by atoms with Gasteiger partial charge in [0.25, 0.3) is 5.91 Å². The maximum Gasteiger partial charge on any atom is 0.253 e. The van der Waals surface area contributed by atoms with E-state index in [-0.39, 0.29) is 23.1 Å². The molecule has 1 fully saturated rings. The molecule has 0 bridgehead atoms. The molecule has 1 saturated heterocycles. The second kappa shape index (κ2) is 8.26. The lowest BCUT2D eigenvalue weighted by molar-refractivity contribution is 0.0620. The Morgan fingerprint density at radius 2 is 1.68 bits per heavy atom. The monoisotopic (exact) mass is 405 g/mol. The Balaban J connectivity index is 1.57. The van der Waals surface area contributed by atoms with Crippen molar-refractivity contribution in [1.29, 1.82) is 0 Å². The number of hydrogen-bond donors (Lipinski definition) is 0. The highest BCUT2D eigenvalue weighted by atomic mass is 32.2. The minimum Gasteiger partial charge on any atom is -0.461 e. The quantitative estimate of drug-likeness (QED) is 0.670. The lowest BCUT2D eigenvalue weighted by atomic mass is 10.1. The van der Waals surface area contributed by atoms with Crippen LogP contribution >= 0.6 is 0 Å². The number of nitrogens with zero attached hydrogens (tertiary/aromatic N) is 3. The molecule has 150 valence electrons. The molecule has 9 heteroatoms. The molecule has 0 N–H and O–H groups in total. The van der Waals surface area contributed by atoms with Gasteiger partial charge in [0.05, 0.1) is 17.7 Å². The summed E-state index contributed by atoms with van der Waals surface area (Å²) in [5.41, 5.74) is 0.442. The number of carbonyl (C=O) groups is 2. The molecule has 2 heterocycles. The smallest absolute Gasteiger partial charge is 0.253 e. The van der Waals surface area contributed by atoms with Crippen LogP contribution in [-0.4, -0.2) is 81.0 Å². The van der Waals surface area contributed by atoms with Gasteiger partial charge in [-0.2, -0.15) is 0 Å². The van der Waals surface area contributed by atoms with E-state index in [1.165, 1.54) is 44.6 Å². The summed E-state index contributed by atoms with van der Waals surface area (Å²) in [4.78, 5) is 28.6. The Labute approximate surface area is 164 Å². The van der Waals surface area contributed by atoms with Crippen molar-refractivity contribution in [3.8, 4) is 0 Å². The SMILES string of the molecule is CN(C)S(=O)(=O)c1ccc(C(=O)N2CCN(CC(=O)c3ccco3)CC2)cc1. The Kier molecular flexibility index (Phi) is 5.97. The van der Waals surface area contributed by atoms with Crippen molar-refractivity contribution in [1.82, 2.24) is 14.1 Å². The summed E-state index contributed by atoms with van der Waals surface area (Å²) < 4.78 is 30.5. The summed E-state index contributed by atoms with van der Waals surface area (Å²) in [7, 11) is -0.594. The van der Waals surface area contributed by atoms with E-state index in [0.717, 1.165) is 4.31 Å². The van der Waals surface area contributed by atoms with Crippen LogP contribution in [0.2, 0.25) is 0 Å². The highest BCUT2D eigenvalue weighted by molar-refractivity contribution is 7.89. The number of amides is 1. The second-order valence-corrected chi connectivity index (χ2v) is 8.93. The topological polar surface area (TPSA) is 91.1 Å². The fourth-order valence-corrected chi connectivity index (χ4v) is 3.89. The molecule has 0 radical (unpaired) electrons. The van der Waals surface area contributed by atoms with Gasteiger partial charge >= 0.3 is 0 Å². The molecule has 2 aromatic rings. The van der Waals surface area contributed by atoms with Crippen LogP contribution in [0.3, 0.4) is 0 Å². The molecule has 0 atom stereocenters. The number of benzene rings is 1. The van der Waals surface area contributed by atoms with E-state index in [0.29, 0.717) is 37.5 Å². The Morgan fingerprint density at radius 3 is 2.21 bits per heavy atom. The molecule has 8 nitrogen and oxygen atoms in total. The molecular formula is C19H23N3O5S. The Hall–Kier alpha value is -2.49. The van der Waals surface area contributed by atoms with Crippen LogP contribution in [-0.2, 0) is 10.0 Å². The van der Waals surface area contributed by atoms with Crippen LogP contribution in [0.25, 0.3) is 0 Å². The zero-order valence-corrected chi connectivity index (χ0v) is 16.7. The summed E-state index contributed by atoms with van der Waals surface area (Å²) in [6, 6.07) is 9.28. The first-order valence-electron chi connectivity index (χ1n) is 8.90. The second-order valence-electron chi connectivity index (χ2n) is 6.78. The zero-order chi connectivity index (χ0) is 20.3. The summed E-state index contributed by atoms with van der Waals surface area (Å²) in [6.07, 6.45) is 1.47. The number of ketones is 1. The van der Waals surface area contributed by atoms with Crippen molar-refractivity contribution in [2.24, 2.45) is 0 Å². The van der Waals surface area contributed by atoms with Crippen molar-refractivity contribution in [3.05, 3.63) is 54.0 Å². The summed E-state index contributed by atoms with van der Waals surface area (Å²) in [5.74, 6) is 0.111. The number of rotatable bonds is 6. The van der Waals surface area contributed by atoms with E-state index in [1.54, 1.807) is 17.0 Å². The van der Waals surface area contributed by atoms with Crippen molar-refractivity contribution >= 4 is 21.7 Å². The van der Waals surface area contributed by atoms with Crippen molar-refractivity contribution in [3.63, 3.8) is 0 Å². The average molecular weight is 405 g/mol. The van der Waals surface area contributed by atoms with Crippen LogP contribution in [0.1, 0.15) is 20.9 Å². The molecule has 0 aliphatic carbocycles. The summed E-state index contributed by atoms with van der Waals surface area (Å²) in [5, 5.41) is 0. The molecule has 0 spiro atoms. The molecule has 0 unspecified atom stereocenters. The predicted octanol–water partition coefficient (Wildman–Crippen LogP) is 1.17. The third-order valence-corrected chi connectivity index (χ3v) is 6.53. The molecular weight excluding hydrogens is 382 g/mol. The van der Waals surface area contributed by atoms with Gasteiger partial charge in [-0.25, -0.2) is 12.7 Å². The predicted molar refractivity (Wildman–Crippen MR) is 103 cm³/mol. The van der Waals surface area contributed by atoms with E-state index >= 15 is 0 Å². The van der Waals surface area contributed by atoms with Gasteiger partial charge in [0.15, 0.2) is 5.76 Å². The van der Waals surface area contributed by atoms with Gasteiger partial charge in [-0.3, -0.25) is 14.5 Å². The van der Waals surface area contributed by atoms with Gasteiger partial charge in [0.2, 0.25) is 15.8 Å². The number of furan rings is 1. The normalized spacial score (nSPS) is 15.8. The molecule has 3 rings (SSSR count). The van der Waals surface area contributed by atoms with Crippen LogP contribution in [0.5, 0.6) is 0 Å². The van der Waals surface area contributed by atoms with E-state index in [9.17, 15) is 18.0 Å². The number of hydrogen-bond acceptors (Lipinski definition) is 6. The Morgan fingerprint density at radius 1 is 1.04 bits per heavy atom. The van der Waals surface area contributed by atoms with E-state index in [1.807, 2.05) is 4.90 Å². The first-order valence-corrected chi connectivity index (χ1v) is 10.3. The Bertz CT molecular complexity index is 928. The first kappa shape index (κ1) is 20.2. The first-order chi connectivity index (χ1) is 13.3. The summed E-state index contributed by atoms with van der Waals surface area (Å²) in [6.45, 7) is 2.44. The fourth-order valence-electron chi connectivity index (χ4n) is 2.99. The molecule has 0 saturated carbocycles. The highest BCUT2D eigenvalue weighted by Gasteiger charge is 2.25. The van der Waals surface area contributed by atoms with E-state index in [2.05, 4.69) is 0 Å². The third-order valence-electron chi connectivity index (χ3n) is 4.70. The number of sulfonamides is 1. The fraction of sp³-hybridized carbons (Fsp3) is 0.368. The van der Waals surface area contributed by atoms with E-state index in [4.69, 9.17) is 4.42 Å². The van der Waals surface area contributed by atoms with Crippen LogP contribution < -0.4 is 0 Å². The molecule has 1 amide bonds. The van der Waals surface area contributed by atoms with Crippen molar-refractivity contribution in [2.75, 3.05) is 46.8 Å². The number of carbonyl (C=O) groups excluding carboxylic acids is 2. The lowest BCUT2D eigenvalue weighted by Crippen LogP contribution is -2.49. The molecule has 28 heavy (non-hydrogen) atoms. The van der Waals surface area contributed by atoms with Gasteiger partial charge in [0, 0.05) is 45.8 Å². The van der Waals surface area contributed by atoms with Gasteiger partial charge in [-0.15, -0.1) is 0 Å². The number of Topliss-reactive ketones (excluding diaryl/α,β-unsaturated/α-hetero) is 1. The third kappa shape index (κ3) is 4.32. The van der Waals surface area contributed by atoms with Gasteiger partial charge in [0.1, 0.15) is 0 Å². The van der Waals surface area contributed by atoms with E-state index < -0.39 is 10.0 Å². The number of piperazine rings is 1. The van der Waals surface area contributed by atoms with Crippen molar-refractivity contribution in [2.45, 2.75) is 4.90 Å². The molecule has 1 aliphatic rings. The highest BCUT2D eigenvalue weighted by Crippen LogP contribution is 2.16. The van der Waals surface area contributed by atoms with Crippen molar-refractivity contribution < 1.29 is 22.4 Å². The average Bonchev–Trinajstić information content (AvgIpc) is 3.23. The maximum absolute atomic E-state index is 12.7. The minimum absolute atomic E-state index is 0.0810. The molecule has 1 aliphatic heterocycles. The maximum atomic E-state index is 12.7. The molecule has 1 aromatic heterocycles. The van der Waals surface area contributed by atoms with Crippen LogP contribution in [0, 0.1) is 0 Å².